The highest BCUT2D eigenvalue weighted by Gasteiger charge is 2.60. The Morgan fingerprint density at radius 2 is 1.51 bits per heavy atom. The molecule has 2 N–H and O–H groups in total. The van der Waals surface area contributed by atoms with E-state index in [1.807, 2.05) is 82.9 Å². The molecule has 16 nitrogen and oxygen atoms in total. The number of amides is 3. The molecule has 0 unspecified atom stereocenters. The number of nitrogen functional groups attached to an aromatic ring is 1. The number of urea groups is 1. The number of hydrogen-bond acceptors (Lipinski definition) is 12. The van der Waals surface area contributed by atoms with Crippen LogP contribution in [-0.4, -0.2) is 131 Å². The van der Waals surface area contributed by atoms with Gasteiger partial charge in [0.1, 0.15) is 40.4 Å². The summed E-state index contributed by atoms with van der Waals surface area (Å²) in [6.45, 7) is 21.8. The Labute approximate surface area is 496 Å². The molecule has 3 amide bonds. The van der Waals surface area contributed by atoms with Crippen molar-refractivity contribution in [1.29, 1.82) is 0 Å². The number of halogens is 3. The number of hydrogen-bond donors (Lipinski definition) is 1. The van der Waals surface area contributed by atoms with Crippen LogP contribution in [0, 0.1) is 12.7 Å². The number of Topliss-reactive ketones (excluding diaryl/α,β-unsaturated/α-hetero) is 1. The lowest BCUT2D eigenvalue weighted by atomic mass is 9.71. The fraction of sp³-hybridized carbons (Fsp3) is 0.438. The Balaban J connectivity index is 0.772. The monoisotopic (exact) mass is 1170 g/mol. The van der Waals surface area contributed by atoms with Gasteiger partial charge in [-0.2, -0.15) is 5.10 Å². The van der Waals surface area contributed by atoms with E-state index in [4.69, 9.17) is 58.0 Å². The summed E-state index contributed by atoms with van der Waals surface area (Å²) in [5.41, 5.74) is 11.4. The quantitative estimate of drug-likeness (QED) is 0.0813. The second-order valence-electron chi connectivity index (χ2n) is 22.9. The van der Waals surface area contributed by atoms with Crippen molar-refractivity contribution in [1.82, 2.24) is 34.4 Å². The Morgan fingerprint density at radius 1 is 0.843 bits per heavy atom. The lowest BCUT2D eigenvalue weighted by Crippen LogP contribution is -2.60. The van der Waals surface area contributed by atoms with Gasteiger partial charge in [-0.25, -0.2) is 14.2 Å². The number of benzene rings is 4. The third kappa shape index (κ3) is 12.9. The van der Waals surface area contributed by atoms with Crippen molar-refractivity contribution in [2.24, 2.45) is 4.99 Å². The maximum atomic E-state index is 15.5. The zero-order valence-electron chi connectivity index (χ0n) is 49.1. The summed E-state index contributed by atoms with van der Waals surface area (Å²) in [4.78, 5) is 60.2. The Morgan fingerprint density at radius 3 is 2.18 bits per heavy atom. The maximum Gasteiger partial charge on any atom is 0.326 e. The van der Waals surface area contributed by atoms with Gasteiger partial charge in [-0.3, -0.25) is 29.1 Å². The van der Waals surface area contributed by atoms with Crippen LogP contribution >= 0.6 is 23.2 Å². The summed E-state index contributed by atoms with van der Waals surface area (Å²) in [7, 11) is 1.70. The first-order valence-electron chi connectivity index (χ1n) is 28.5. The normalized spacial score (nSPS) is 19.4. The minimum atomic E-state index is -1.04. The molecule has 1 saturated heterocycles. The summed E-state index contributed by atoms with van der Waals surface area (Å²) in [5.74, 6) is 0.931. The van der Waals surface area contributed by atoms with Crippen LogP contribution in [0.5, 0.6) is 11.5 Å². The van der Waals surface area contributed by atoms with Crippen molar-refractivity contribution in [3.8, 4) is 22.6 Å². The highest BCUT2D eigenvalue weighted by atomic mass is 35.5. The van der Waals surface area contributed by atoms with Crippen LogP contribution in [0.2, 0.25) is 10.0 Å². The molecule has 4 aromatic carbocycles. The van der Waals surface area contributed by atoms with Gasteiger partial charge in [-0.05, 0) is 124 Å². The molecule has 3 aliphatic rings. The standard InChI is InChI=1S/C64H76Cl2FN9O7/c1-10-82-55-37-46(62(4,5)6)17-23-52(55)59-70-63(7,44-13-18-47(65)19-14-44)64(8,45-15-20-48(66)21-16-45)76(59)61(79)74-29-27-73(28-30-74)31-33-81-35-34-80-32-25-50(77)12-11-26-75-54-40-72(9)60(78)51-24-22-49(67)38-53(51)42(3)83-56-36-43(39-69-58(56)68)57(54)41(2)71-75/h13-24,36-39,42H,10-12,25-35,40H2,1-9H3,(H2,68,69)/t42-,63-,64+/m1/s1. The summed E-state index contributed by atoms with van der Waals surface area (Å²) >= 11 is 13.0. The number of fused-ring (bicyclic) bond motifs is 5. The van der Waals surface area contributed by atoms with Crippen LogP contribution in [0.1, 0.15) is 123 Å². The van der Waals surface area contributed by atoms with Gasteiger partial charge in [0.15, 0.2) is 11.6 Å². The number of nitrogens with zero attached hydrogens (tertiary/aromatic N) is 8. The third-order valence-corrected chi connectivity index (χ3v) is 16.9. The van der Waals surface area contributed by atoms with Crippen molar-refractivity contribution in [2.75, 3.05) is 78.5 Å². The molecule has 0 radical (unpaired) electrons. The Kier molecular flexibility index (Phi) is 18.7. The molecule has 83 heavy (non-hydrogen) atoms. The molecular formula is C64H76Cl2FN9O7. The van der Waals surface area contributed by atoms with Crippen molar-refractivity contribution in [2.45, 2.75) is 110 Å². The van der Waals surface area contributed by atoms with Gasteiger partial charge in [-0.15, -0.1) is 0 Å². The number of piperazine rings is 1. The second kappa shape index (κ2) is 25.5. The summed E-state index contributed by atoms with van der Waals surface area (Å²) in [6.07, 6.45) is 2.05. The van der Waals surface area contributed by atoms with Gasteiger partial charge >= 0.3 is 6.03 Å². The van der Waals surface area contributed by atoms with Gasteiger partial charge in [0.25, 0.3) is 5.91 Å². The number of ketones is 1. The minimum Gasteiger partial charge on any atom is -0.493 e. The number of carbonyl (C=O) groups is 3. The fourth-order valence-electron chi connectivity index (χ4n) is 11.4. The molecule has 2 aromatic heterocycles. The number of aryl methyl sites for hydroxylation is 2. The molecule has 0 spiro atoms. The van der Waals surface area contributed by atoms with E-state index in [9.17, 15) is 14.0 Å². The Hall–Kier alpha value is -6.89. The highest BCUT2D eigenvalue weighted by Crippen LogP contribution is 2.54. The number of amidine groups is 1. The van der Waals surface area contributed by atoms with E-state index in [0.717, 1.165) is 39.2 Å². The van der Waals surface area contributed by atoms with E-state index in [2.05, 4.69) is 56.6 Å². The van der Waals surface area contributed by atoms with Gasteiger partial charge in [0.2, 0.25) is 0 Å². The van der Waals surface area contributed by atoms with Gasteiger partial charge in [0.05, 0.1) is 56.5 Å². The smallest absolute Gasteiger partial charge is 0.326 e. The van der Waals surface area contributed by atoms with Crippen LogP contribution < -0.4 is 15.2 Å². The largest absolute Gasteiger partial charge is 0.493 e. The molecule has 5 heterocycles. The van der Waals surface area contributed by atoms with Crippen LogP contribution in [0.25, 0.3) is 11.1 Å². The fourth-order valence-corrected chi connectivity index (χ4v) is 11.7. The molecule has 0 aliphatic carbocycles. The van der Waals surface area contributed by atoms with E-state index >= 15 is 4.79 Å². The minimum absolute atomic E-state index is 0.0644. The molecule has 440 valence electrons. The van der Waals surface area contributed by atoms with E-state index in [1.54, 1.807) is 31.1 Å². The van der Waals surface area contributed by atoms with E-state index < -0.39 is 23.0 Å². The lowest BCUT2D eigenvalue weighted by Gasteiger charge is -2.47. The first-order valence-corrected chi connectivity index (χ1v) is 29.3. The summed E-state index contributed by atoms with van der Waals surface area (Å²) in [6, 6.07) is 27.3. The zero-order valence-corrected chi connectivity index (χ0v) is 50.6. The number of ether oxygens (including phenoxy) is 4. The van der Waals surface area contributed by atoms with Crippen molar-refractivity contribution >= 4 is 52.6 Å². The molecule has 6 aromatic rings. The number of pyridine rings is 1. The average Bonchev–Trinajstić information content (AvgIpc) is 2.31. The number of carbonyl (C=O) groups excluding carboxylic acids is 3. The predicted octanol–water partition coefficient (Wildman–Crippen LogP) is 11.8. The van der Waals surface area contributed by atoms with Crippen molar-refractivity contribution in [3.63, 3.8) is 0 Å². The van der Waals surface area contributed by atoms with Crippen LogP contribution in [0.15, 0.2) is 102 Å². The van der Waals surface area contributed by atoms with Gasteiger partial charge in [0, 0.05) is 97.7 Å². The SMILES string of the molecule is CCOc1cc(C(C)(C)C)ccc1C1=N[C@](C)(c2ccc(Cl)cc2)[C@](C)(c2ccc(Cl)cc2)N1C(=O)N1CCN(CCOCCOCCC(=O)CCCn2nc(C)c3c2CN(C)C(=O)c2ccc(F)cc2[C@@H](C)Oc2cc-3cnc2N)CC1. The Bertz CT molecular complexity index is 3360. The molecule has 3 aliphatic heterocycles. The number of anilines is 1. The first kappa shape index (κ1) is 60.7. The highest BCUT2D eigenvalue weighted by molar-refractivity contribution is 6.30. The third-order valence-electron chi connectivity index (χ3n) is 16.4. The predicted molar refractivity (Wildman–Crippen MR) is 322 cm³/mol. The number of aromatic nitrogens is 3. The summed E-state index contributed by atoms with van der Waals surface area (Å²) in [5, 5.41) is 6.05. The molecule has 9 rings (SSSR count). The summed E-state index contributed by atoms with van der Waals surface area (Å²) < 4.78 is 40.8. The number of rotatable bonds is 18. The van der Waals surface area contributed by atoms with E-state index in [-0.39, 0.29) is 48.5 Å². The number of nitrogens with two attached hydrogens (primary N) is 1. The average molecular weight is 1170 g/mol. The van der Waals surface area contributed by atoms with Crippen LogP contribution in [0.4, 0.5) is 15.0 Å². The maximum absolute atomic E-state index is 15.5. The topological polar surface area (TPSA) is 170 Å². The molecule has 1 fully saturated rings. The van der Waals surface area contributed by atoms with E-state index in [1.165, 1.54) is 18.2 Å². The molecule has 0 saturated carbocycles. The van der Waals surface area contributed by atoms with Crippen LogP contribution in [0.3, 0.4) is 0 Å². The molecule has 3 atom stereocenters. The zero-order chi connectivity index (χ0) is 59.4. The molecule has 2 bridgehead atoms. The lowest BCUT2D eigenvalue weighted by molar-refractivity contribution is -0.120. The molecule has 19 heteroatoms. The van der Waals surface area contributed by atoms with Crippen molar-refractivity contribution in [3.05, 3.63) is 158 Å². The van der Waals surface area contributed by atoms with Crippen LogP contribution in [-0.2, 0) is 43.9 Å². The van der Waals surface area contributed by atoms with Crippen molar-refractivity contribution < 1.29 is 37.7 Å². The molecular weight excluding hydrogens is 1100 g/mol. The number of aliphatic imine (C=N–C) groups is 1. The van der Waals surface area contributed by atoms with Gasteiger partial charge in [-0.1, -0.05) is 74.3 Å². The first-order chi connectivity index (χ1) is 39.6. The van der Waals surface area contributed by atoms with E-state index in [0.29, 0.717) is 123 Å². The van der Waals surface area contributed by atoms with Gasteiger partial charge < -0.3 is 34.5 Å². The second-order valence-corrected chi connectivity index (χ2v) is 23.8.